The van der Waals surface area contributed by atoms with E-state index in [2.05, 4.69) is 10.3 Å². The zero-order valence-corrected chi connectivity index (χ0v) is 11.4. The molecule has 0 radical (unpaired) electrons. The molecule has 1 aromatic carbocycles. The number of nitrogens with one attached hydrogen (secondary N) is 1. The maximum atomic E-state index is 12.2. The minimum Gasteiger partial charge on any atom is -0.352 e. The Morgan fingerprint density at radius 1 is 1.45 bits per heavy atom. The fourth-order valence-electron chi connectivity index (χ4n) is 1.89. The Bertz CT molecular complexity index is 666. The molecule has 20 heavy (non-hydrogen) atoms. The Labute approximate surface area is 116 Å². The summed E-state index contributed by atoms with van der Waals surface area (Å²) >= 11 is 0. The maximum Gasteiger partial charge on any atom is 0.261 e. The maximum absolute atomic E-state index is 12.2. The lowest BCUT2D eigenvalue weighted by Gasteiger charge is -2.11. The average Bonchev–Trinajstić information content (AvgIpc) is 2.46. The first-order valence-corrected chi connectivity index (χ1v) is 6.55. The topological polar surface area (TPSA) is 90.0 Å². The highest BCUT2D eigenvalue weighted by molar-refractivity contribution is 5.77. The number of amides is 1. The van der Waals surface area contributed by atoms with Gasteiger partial charge in [0.1, 0.15) is 0 Å². The number of nitrogens with zero attached hydrogens (tertiary/aromatic N) is 2. The normalized spacial score (nSPS) is 12.3. The molecule has 0 bridgehead atoms. The van der Waals surface area contributed by atoms with Gasteiger partial charge in [-0.25, -0.2) is 4.98 Å². The van der Waals surface area contributed by atoms with Crippen LogP contribution in [0.3, 0.4) is 0 Å². The van der Waals surface area contributed by atoms with E-state index in [1.54, 1.807) is 18.2 Å². The van der Waals surface area contributed by atoms with E-state index in [4.69, 9.17) is 5.73 Å². The van der Waals surface area contributed by atoms with Crippen molar-refractivity contribution in [1.82, 2.24) is 14.9 Å². The number of aryl methyl sites for hydroxylation is 1. The number of benzene rings is 1. The molecule has 0 unspecified atom stereocenters. The van der Waals surface area contributed by atoms with Crippen molar-refractivity contribution in [2.75, 3.05) is 6.54 Å². The van der Waals surface area contributed by atoms with Gasteiger partial charge in [-0.1, -0.05) is 12.1 Å². The molecular weight excluding hydrogens is 256 g/mol. The summed E-state index contributed by atoms with van der Waals surface area (Å²) in [6.45, 7) is 2.53. The van der Waals surface area contributed by atoms with E-state index in [0.717, 1.165) is 0 Å². The molecule has 106 valence electrons. The van der Waals surface area contributed by atoms with Crippen LogP contribution in [-0.4, -0.2) is 28.0 Å². The predicted molar refractivity (Wildman–Crippen MR) is 77.3 cm³/mol. The number of rotatable bonds is 5. The van der Waals surface area contributed by atoms with Crippen LogP contribution >= 0.6 is 0 Å². The van der Waals surface area contributed by atoms with E-state index in [1.807, 2.05) is 13.0 Å². The predicted octanol–water partition coefficient (Wildman–Crippen LogP) is 0.250. The summed E-state index contributed by atoms with van der Waals surface area (Å²) in [7, 11) is 0. The smallest absolute Gasteiger partial charge is 0.261 e. The molecule has 0 spiro atoms. The number of fused-ring (bicyclic) bond motifs is 1. The van der Waals surface area contributed by atoms with Crippen LogP contribution < -0.4 is 16.6 Å². The van der Waals surface area contributed by atoms with Crippen molar-refractivity contribution in [1.29, 1.82) is 0 Å². The summed E-state index contributed by atoms with van der Waals surface area (Å²) in [5, 5.41) is 3.32. The number of hydrogen-bond acceptors (Lipinski definition) is 4. The highest BCUT2D eigenvalue weighted by Gasteiger charge is 2.08. The molecule has 0 aliphatic carbocycles. The standard InChI is InChI=1S/C14H18N4O2/c1-10(8-15)17-13(19)6-7-18-9-16-12-5-3-2-4-11(12)14(18)20/h2-5,9-10H,6-8,15H2,1H3,(H,17,19)/t10-/m0/s1. The minimum absolute atomic E-state index is 0.0612. The Kier molecular flexibility index (Phi) is 4.47. The van der Waals surface area contributed by atoms with Gasteiger partial charge in [-0.3, -0.25) is 14.2 Å². The SMILES string of the molecule is C[C@@H](CN)NC(=O)CCn1cnc2ccccc2c1=O. The molecule has 0 fully saturated rings. The number of aromatic nitrogens is 2. The van der Waals surface area contributed by atoms with Crippen molar-refractivity contribution in [3.8, 4) is 0 Å². The van der Waals surface area contributed by atoms with Crippen molar-refractivity contribution in [3.63, 3.8) is 0 Å². The molecule has 2 rings (SSSR count). The fraction of sp³-hybridized carbons (Fsp3) is 0.357. The Hall–Kier alpha value is -2.21. The molecule has 6 heteroatoms. The van der Waals surface area contributed by atoms with E-state index in [1.165, 1.54) is 10.9 Å². The molecule has 0 aliphatic heterocycles. The Morgan fingerprint density at radius 3 is 2.95 bits per heavy atom. The van der Waals surface area contributed by atoms with Gasteiger partial charge in [0.15, 0.2) is 0 Å². The van der Waals surface area contributed by atoms with Crippen LogP contribution in [0.2, 0.25) is 0 Å². The van der Waals surface area contributed by atoms with Crippen LogP contribution in [0.4, 0.5) is 0 Å². The second-order valence-corrected chi connectivity index (χ2v) is 4.71. The number of carbonyl (C=O) groups excluding carboxylic acids is 1. The minimum atomic E-state index is -0.129. The van der Waals surface area contributed by atoms with Gasteiger partial charge in [0.25, 0.3) is 5.56 Å². The van der Waals surface area contributed by atoms with Gasteiger partial charge >= 0.3 is 0 Å². The molecule has 3 N–H and O–H groups in total. The van der Waals surface area contributed by atoms with Crippen molar-refractivity contribution in [2.45, 2.75) is 25.9 Å². The highest BCUT2D eigenvalue weighted by Crippen LogP contribution is 2.04. The molecule has 0 aliphatic rings. The zero-order valence-electron chi connectivity index (χ0n) is 11.4. The first-order valence-electron chi connectivity index (χ1n) is 6.55. The van der Waals surface area contributed by atoms with Crippen molar-refractivity contribution in [2.24, 2.45) is 5.73 Å². The summed E-state index contributed by atoms with van der Waals surface area (Å²) < 4.78 is 1.45. The van der Waals surface area contributed by atoms with Crippen molar-refractivity contribution < 1.29 is 4.79 Å². The quantitative estimate of drug-likeness (QED) is 0.817. The van der Waals surface area contributed by atoms with E-state index in [0.29, 0.717) is 24.0 Å². The molecule has 1 heterocycles. The third kappa shape index (κ3) is 3.21. The molecule has 0 saturated carbocycles. The number of nitrogens with two attached hydrogens (primary N) is 1. The summed E-state index contributed by atoms with van der Waals surface area (Å²) in [6.07, 6.45) is 1.70. The van der Waals surface area contributed by atoms with Gasteiger partial charge in [0.05, 0.1) is 17.2 Å². The highest BCUT2D eigenvalue weighted by atomic mass is 16.2. The zero-order chi connectivity index (χ0) is 14.5. The van der Waals surface area contributed by atoms with E-state index in [-0.39, 0.29) is 23.9 Å². The van der Waals surface area contributed by atoms with Crippen LogP contribution in [0.5, 0.6) is 0 Å². The van der Waals surface area contributed by atoms with Gasteiger partial charge in [0, 0.05) is 25.6 Å². The monoisotopic (exact) mass is 274 g/mol. The van der Waals surface area contributed by atoms with Gasteiger partial charge in [-0.15, -0.1) is 0 Å². The second-order valence-electron chi connectivity index (χ2n) is 4.71. The molecule has 1 amide bonds. The largest absolute Gasteiger partial charge is 0.352 e. The van der Waals surface area contributed by atoms with Gasteiger partial charge in [0.2, 0.25) is 5.91 Å². The molecular formula is C14H18N4O2. The Morgan fingerprint density at radius 2 is 2.20 bits per heavy atom. The molecule has 1 atom stereocenters. The second kappa shape index (κ2) is 6.29. The van der Waals surface area contributed by atoms with Gasteiger partial charge < -0.3 is 11.1 Å². The average molecular weight is 274 g/mol. The first-order chi connectivity index (χ1) is 9.61. The third-order valence-electron chi connectivity index (χ3n) is 3.07. The molecule has 1 aromatic heterocycles. The molecule has 2 aromatic rings. The summed E-state index contributed by atoms with van der Waals surface area (Å²) in [6, 6.07) is 7.09. The Balaban J connectivity index is 2.09. The summed E-state index contributed by atoms with van der Waals surface area (Å²) in [5.74, 6) is -0.122. The van der Waals surface area contributed by atoms with E-state index in [9.17, 15) is 9.59 Å². The summed E-state index contributed by atoms with van der Waals surface area (Å²) in [5.41, 5.74) is 5.97. The molecule has 6 nitrogen and oxygen atoms in total. The van der Waals surface area contributed by atoms with Crippen LogP contribution in [-0.2, 0) is 11.3 Å². The van der Waals surface area contributed by atoms with Crippen LogP contribution in [0.15, 0.2) is 35.4 Å². The van der Waals surface area contributed by atoms with Crippen molar-refractivity contribution in [3.05, 3.63) is 40.9 Å². The number of carbonyl (C=O) groups is 1. The van der Waals surface area contributed by atoms with Gasteiger partial charge in [-0.05, 0) is 19.1 Å². The summed E-state index contributed by atoms with van der Waals surface area (Å²) in [4.78, 5) is 28.1. The first kappa shape index (κ1) is 14.2. The van der Waals surface area contributed by atoms with Crippen LogP contribution in [0, 0.1) is 0 Å². The van der Waals surface area contributed by atoms with Crippen molar-refractivity contribution >= 4 is 16.8 Å². The van der Waals surface area contributed by atoms with Crippen LogP contribution in [0.1, 0.15) is 13.3 Å². The lowest BCUT2D eigenvalue weighted by molar-refractivity contribution is -0.121. The van der Waals surface area contributed by atoms with Gasteiger partial charge in [-0.2, -0.15) is 0 Å². The molecule has 0 saturated heterocycles. The van der Waals surface area contributed by atoms with E-state index < -0.39 is 0 Å². The van der Waals surface area contributed by atoms with Crippen LogP contribution in [0.25, 0.3) is 10.9 Å². The van der Waals surface area contributed by atoms with E-state index >= 15 is 0 Å². The number of hydrogen-bond donors (Lipinski definition) is 2. The lowest BCUT2D eigenvalue weighted by atomic mass is 10.2. The fourth-order valence-corrected chi connectivity index (χ4v) is 1.89. The third-order valence-corrected chi connectivity index (χ3v) is 3.07. The lowest BCUT2D eigenvalue weighted by Crippen LogP contribution is -2.38. The number of para-hydroxylation sites is 1.